The van der Waals surface area contributed by atoms with Gasteiger partial charge in [-0.15, -0.1) is 11.3 Å². The molecule has 3 N–H and O–H groups in total. The number of carbonyl (C=O) groups is 1. The molecule has 2 aromatic heterocycles. The van der Waals surface area contributed by atoms with Crippen LogP contribution in [0.4, 0.5) is 5.69 Å². The van der Waals surface area contributed by atoms with Crippen LogP contribution in [0.5, 0.6) is 0 Å². The molecule has 0 spiro atoms. The molecule has 0 bridgehead atoms. The summed E-state index contributed by atoms with van der Waals surface area (Å²) in [5.74, 6) is -0.318. The Morgan fingerprint density at radius 3 is 3.11 bits per heavy atom. The summed E-state index contributed by atoms with van der Waals surface area (Å²) in [6.45, 7) is 0.510. The second kappa shape index (κ2) is 6.42. The zero-order valence-electron chi connectivity index (χ0n) is 9.69. The van der Waals surface area contributed by atoms with E-state index in [1.54, 1.807) is 17.6 Å². The molecule has 0 saturated carbocycles. The quantitative estimate of drug-likeness (QED) is 0.820. The van der Waals surface area contributed by atoms with Crippen molar-refractivity contribution in [3.63, 3.8) is 0 Å². The number of pyridine rings is 1. The van der Waals surface area contributed by atoms with Gasteiger partial charge in [-0.3, -0.25) is 4.79 Å². The number of amides is 1. The molecule has 0 saturated heterocycles. The van der Waals surface area contributed by atoms with E-state index in [4.69, 9.17) is 17.3 Å². The van der Waals surface area contributed by atoms with Gasteiger partial charge >= 0.3 is 0 Å². The minimum atomic E-state index is -0.318. The molecular formula is C11H10BrClN4OS. The minimum absolute atomic E-state index is 0.231. The molecule has 0 aliphatic rings. The Labute approximate surface area is 127 Å². The molecule has 5 nitrogen and oxygen atoms in total. The van der Waals surface area contributed by atoms with Crippen molar-refractivity contribution in [2.45, 2.75) is 6.42 Å². The molecule has 0 aliphatic carbocycles. The lowest BCUT2D eigenvalue weighted by atomic mass is 10.4. The molecule has 0 aliphatic heterocycles. The monoisotopic (exact) mass is 360 g/mol. The van der Waals surface area contributed by atoms with Gasteiger partial charge in [0.2, 0.25) is 0 Å². The fourth-order valence-electron chi connectivity index (χ4n) is 1.35. The van der Waals surface area contributed by atoms with Crippen molar-refractivity contribution in [3.05, 3.63) is 38.0 Å². The Balaban J connectivity index is 2.13. The fourth-order valence-corrected chi connectivity index (χ4v) is 2.63. The average Bonchev–Trinajstić information content (AvgIpc) is 2.83. The van der Waals surface area contributed by atoms with Gasteiger partial charge in [-0.2, -0.15) is 0 Å². The lowest BCUT2D eigenvalue weighted by molar-refractivity contribution is 0.102. The first-order chi connectivity index (χ1) is 9.10. The van der Waals surface area contributed by atoms with Gasteiger partial charge in [-0.05, 0) is 28.5 Å². The number of aromatic nitrogens is 2. The van der Waals surface area contributed by atoms with E-state index in [0.717, 1.165) is 9.48 Å². The van der Waals surface area contributed by atoms with Gasteiger partial charge in [-0.1, -0.05) is 11.6 Å². The molecule has 100 valence electrons. The van der Waals surface area contributed by atoms with Crippen LogP contribution >= 0.6 is 38.9 Å². The van der Waals surface area contributed by atoms with E-state index in [2.05, 4.69) is 31.2 Å². The predicted molar refractivity (Wildman–Crippen MR) is 79.8 cm³/mol. The summed E-state index contributed by atoms with van der Waals surface area (Å²) < 4.78 is 0.731. The second-order valence-electron chi connectivity index (χ2n) is 3.61. The number of halogens is 2. The molecule has 2 aromatic rings. The standard InChI is InChI=1S/C11H10BrClN4OS/c12-6-3-7(10(13)15-4-6)17-11(18)8-5-19-9(16-8)1-2-14/h3-5H,1-2,14H2,(H,17,18). The molecule has 8 heteroatoms. The van der Waals surface area contributed by atoms with Crippen LogP contribution in [0, 0.1) is 0 Å². The van der Waals surface area contributed by atoms with E-state index in [1.165, 1.54) is 11.3 Å². The molecule has 0 aromatic carbocycles. The number of hydrogen-bond acceptors (Lipinski definition) is 5. The first-order valence-corrected chi connectivity index (χ1v) is 7.42. The Hall–Kier alpha value is -1.02. The molecule has 0 atom stereocenters. The van der Waals surface area contributed by atoms with E-state index in [-0.39, 0.29) is 11.1 Å². The molecule has 0 unspecified atom stereocenters. The lowest BCUT2D eigenvalue weighted by Crippen LogP contribution is -2.13. The number of hydrogen-bond donors (Lipinski definition) is 2. The highest BCUT2D eigenvalue weighted by atomic mass is 79.9. The third-order valence-electron chi connectivity index (χ3n) is 2.20. The van der Waals surface area contributed by atoms with Crippen LogP contribution in [0.15, 0.2) is 22.1 Å². The third-order valence-corrected chi connectivity index (χ3v) is 3.84. The number of carbonyl (C=O) groups excluding carboxylic acids is 1. The summed E-state index contributed by atoms with van der Waals surface area (Å²) in [7, 11) is 0. The maximum absolute atomic E-state index is 12.0. The van der Waals surface area contributed by atoms with Crippen molar-refractivity contribution < 1.29 is 4.79 Å². The summed E-state index contributed by atoms with van der Waals surface area (Å²) in [5.41, 5.74) is 6.23. The van der Waals surface area contributed by atoms with Gasteiger partial charge in [0, 0.05) is 22.5 Å². The predicted octanol–water partition coefficient (Wildman–Crippen LogP) is 2.71. The third kappa shape index (κ3) is 3.73. The summed E-state index contributed by atoms with van der Waals surface area (Å²) in [6, 6.07) is 1.68. The first kappa shape index (κ1) is 14.4. The Morgan fingerprint density at radius 2 is 2.37 bits per heavy atom. The number of nitrogens with two attached hydrogens (primary N) is 1. The normalized spacial score (nSPS) is 10.5. The van der Waals surface area contributed by atoms with Gasteiger partial charge in [0.15, 0.2) is 5.15 Å². The van der Waals surface area contributed by atoms with Gasteiger partial charge in [0.25, 0.3) is 5.91 Å². The Bertz CT molecular complexity index is 604. The maximum Gasteiger partial charge on any atom is 0.275 e. The topological polar surface area (TPSA) is 80.9 Å². The number of rotatable bonds is 4. The van der Waals surface area contributed by atoms with Crippen LogP contribution in [0.1, 0.15) is 15.5 Å². The summed E-state index contributed by atoms with van der Waals surface area (Å²) in [6.07, 6.45) is 2.22. The molecule has 0 fully saturated rings. The summed E-state index contributed by atoms with van der Waals surface area (Å²) in [5, 5.41) is 5.44. The van der Waals surface area contributed by atoms with Crippen LogP contribution < -0.4 is 11.1 Å². The van der Waals surface area contributed by atoms with Crippen molar-refractivity contribution in [2.75, 3.05) is 11.9 Å². The second-order valence-corrected chi connectivity index (χ2v) is 5.83. The summed E-state index contributed by atoms with van der Waals surface area (Å²) >= 11 is 10.6. The van der Waals surface area contributed by atoms with Gasteiger partial charge in [0.05, 0.1) is 10.7 Å². The maximum atomic E-state index is 12.0. The molecular weight excluding hydrogens is 352 g/mol. The van der Waals surface area contributed by atoms with Crippen LogP contribution in [-0.4, -0.2) is 22.4 Å². The van der Waals surface area contributed by atoms with Crippen LogP contribution in [-0.2, 0) is 6.42 Å². The van der Waals surface area contributed by atoms with E-state index < -0.39 is 0 Å². The van der Waals surface area contributed by atoms with Crippen molar-refractivity contribution in [1.82, 2.24) is 9.97 Å². The van der Waals surface area contributed by atoms with E-state index in [1.807, 2.05) is 0 Å². The molecule has 0 radical (unpaired) electrons. The molecule has 2 heterocycles. The smallest absolute Gasteiger partial charge is 0.275 e. The van der Waals surface area contributed by atoms with Crippen molar-refractivity contribution >= 4 is 50.5 Å². The van der Waals surface area contributed by atoms with E-state index in [0.29, 0.717) is 24.3 Å². The highest BCUT2D eigenvalue weighted by Gasteiger charge is 2.13. The van der Waals surface area contributed by atoms with E-state index >= 15 is 0 Å². The van der Waals surface area contributed by atoms with E-state index in [9.17, 15) is 4.79 Å². The lowest BCUT2D eigenvalue weighted by Gasteiger charge is -2.05. The van der Waals surface area contributed by atoms with Crippen LogP contribution in [0.25, 0.3) is 0 Å². The molecule has 1 amide bonds. The first-order valence-electron chi connectivity index (χ1n) is 5.37. The number of anilines is 1. The fraction of sp³-hybridized carbons (Fsp3) is 0.182. The zero-order chi connectivity index (χ0) is 13.8. The molecule has 2 rings (SSSR count). The molecule has 19 heavy (non-hydrogen) atoms. The highest BCUT2D eigenvalue weighted by Crippen LogP contribution is 2.23. The zero-order valence-corrected chi connectivity index (χ0v) is 12.8. The minimum Gasteiger partial charge on any atom is -0.330 e. The van der Waals surface area contributed by atoms with Crippen LogP contribution in [0.2, 0.25) is 5.15 Å². The van der Waals surface area contributed by atoms with Gasteiger partial charge in [0.1, 0.15) is 5.69 Å². The summed E-state index contributed by atoms with van der Waals surface area (Å²) in [4.78, 5) is 20.1. The number of nitrogens with one attached hydrogen (secondary N) is 1. The Kier molecular flexibility index (Phi) is 4.87. The van der Waals surface area contributed by atoms with Gasteiger partial charge < -0.3 is 11.1 Å². The van der Waals surface area contributed by atoms with Crippen molar-refractivity contribution in [2.24, 2.45) is 5.73 Å². The van der Waals surface area contributed by atoms with Crippen LogP contribution in [0.3, 0.4) is 0 Å². The SMILES string of the molecule is NCCc1nc(C(=O)Nc2cc(Br)cnc2Cl)cs1. The largest absolute Gasteiger partial charge is 0.330 e. The van der Waals surface area contributed by atoms with Gasteiger partial charge in [-0.25, -0.2) is 9.97 Å². The van der Waals surface area contributed by atoms with Crippen molar-refractivity contribution in [1.29, 1.82) is 0 Å². The number of thiazole rings is 1. The average molecular weight is 362 g/mol. The number of nitrogens with zero attached hydrogens (tertiary/aromatic N) is 2. The highest BCUT2D eigenvalue weighted by molar-refractivity contribution is 9.10. The van der Waals surface area contributed by atoms with Crippen molar-refractivity contribution in [3.8, 4) is 0 Å². The Morgan fingerprint density at radius 1 is 1.58 bits per heavy atom.